The number of carbonyl (C=O) groups excluding carboxylic acids is 2. The van der Waals surface area contributed by atoms with Crippen LogP contribution in [0.1, 0.15) is 12.1 Å². The fourth-order valence-corrected chi connectivity index (χ4v) is 2.64. The third-order valence-electron chi connectivity index (χ3n) is 3.91. The van der Waals surface area contributed by atoms with Crippen LogP contribution in [0.4, 0.5) is 5.69 Å². The minimum absolute atomic E-state index is 0.194. The van der Waals surface area contributed by atoms with E-state index in [-0.39, 0.29) is 12.3 Å². The fourth-order valence-electron chi connectivity index (χ4n) is 2.64. The molecule has 1 aromatic carbocycles. The van der Waals surface area contributed by atoms with Gasteiger partial charge in [0.2, 0.25) is 5.91 Å². The van der Waals surface area contributed by atoms with Crippen molar-refractivity contribution >= 4 is 23.2 Å². The first kappa shape index (κ1) is 16.6. The van der Waals surface area contributed by atoms with Gasteiger partial charge >= 0.3 is 0 Å². The number of hydrogen-bond donors (Lipinski definition) is 2. The highest BCUT2D eigenvalue weighted by atomic mass is 16.2. The predicted molar refractivity (Wildman–Crippen MR) is 94.9 cm³/mol. The highest BCUT2D eigenvalue weighted by molar-refractivity contribution is 6.40. The molecule has 7 nitrogen and oxygen atoms in total. The summed E-state index contributed by atoms with van der Waals surface area (Å²) < 4.78 is 0. The third kappa shape index (κ3) is 4.00. The van der Waals surface area contributed by atoms with Crippen molar-refractivity contribution in [2.75, 3.05) is 11.6 Å². The molecule has 0 radical (unpaired) electrons. The van der Waals surface area contributed by atoms with Crippen molar-refractivity contribution in [3.63, 3.8) is 0 Å². The fraction of sp³-hybridized carbons (Fsp3) is 0.222. The number of pyridine rings is 1. The lowest BCUT2D eigenvalue weighted by Crippen LogP contribution is -2.40. The molecule has 0 fully saturated rings. The molecule has 3 N–H and O–H groups in total. The van der Waals surface area contributed by atoms with Crippen molar-refractivity contribution in [3.05, 3.63) is 60.4 Å². The Balaban J connectivity index is 1.65. The maximum absolute atomic E-state index is 12.3. The van der Waals surface area contributed by atoms with Gasteiger partial charge in [-0.3, -0.25) is 19.6 Å². The van der Waals surface area contributed by atoms with Gasteiger partial charge in [0, 0.05) is 31.3 Å². The maximum Gasteiger partial charge on any atom is 0.267 e. The molecule has 0 spiro atoms. The average Bonchev–Trinajstić information content (AvgIpc) is 3.09. The molecule has 2 aromatic rings. The van der Waals surface area contributed by atoms with Gasteiger partial charge < -0.3 is 11.1 Å². The van der Waals surface area contributed by atoms with Gasteiger partial charge in [-0.25, -0.2) is 0 Å². The first-order chi connectivity index (χ1) is 12.1. The van der Waals surface area contributed by atoms with Crippen LogP contribution in [0.15, 0.2) is 59.8 Å². The second-order valence-corrected chi connectivity index (χ2v) is 5.68. The van der Waals surface area contributed by atoms with E-state index in [1.165, 1.54) is 5.01 Å². The van der Waals surface area contributed by atoms with Gasteiger partial charge in [0.1, 0.15) is 11.8 Å². The summed E-state index contributed by atoms with van der Waals surface area (Å²) in [6, 6.07) is 14.2. The van der Waals surface area contributed by atoms with E-state index in [0.29, 0.717) is 18.7 Å². The number of benzene rings is 1. The van der Waals surface area contributed by atoms with Crippen LogP contribution in [0.2, 0.25) is 0 Å². The van der Waals surface area contributed by atoms with Crippen LogP contribution >= 0.6 is 0 Å². The van der Waals surface area contributed by atoms with Crippen LogP contribution in [0.25, 0.3) is 0 Å². The number of nitrogens with two attached hydrogens (primary N) is 1. The Labute approximate surface area is 145 Å². The molecule has 0 aliphatic carbocycles. The van der Waals surface area contributed by atoms with Crippen molar-refractivity contribution in [3.8, 4) is 0 Å². The third-order valence-corrected chi connectivity index (χ3v) is 3.91. The summed E-state index contributed by atoms with van der Waals surface area (Å²) in [4.78, 5) is 28.3. The molecule has 1 aliphatic rings. The SMILES string of the molecule is NC(=O)[C@H]1CC(C(=O)NCCc2ccccn2)=NN1c1ccccc1. The van der Waals surface area contributed by atoms with E-state index in [0.717, 1.165) is 11.4 Å². The number of rotatable bonds is 6. The number of amides is 2. The minimum atomic E-state index is -0.654. The second kappa shape index (κ2) is 7.57. The van der Waals surface area contributed by atoms with Crippen molar-refractivity contribution in [2.45, 2.75) is 18.9 Å². The zero-order valence-corrected chi connectivity index (χ0v) is 13.6. The molecule has 3 rings (SSSR count). The van der Waals surface area contributed by atoms with Crippen molar-refractivity contribution in [1.82, 2.24) is 10.3 Å². The Bertz CT molecular complexity index is 777. The Morgan fingerprint density at radius 3 is 2.60 bits per heavy atom. The van der Waals surface area contributed by atoms with E-state index < -0.39 is 11.9 Å². The summed E-state index contributed by atoms with van der Waals surface area (Å²) in [5.74, 6) is -0.801. The topological polar surface area (TPSA) is 101 Å². The summed E-state index contributed by atoms with van der Waals surface area (Å²) in [7, 11) is 0. The highest BCUT2D eigenvalue weighted by Gasteiger charge is 2.34. The summed E-state index contributed by atoms with van der Waals surface area (Å²) >= 11 is 0. The van der Waals surface area contributed by atoms with Gasteiger partial charge in [-0.15, -0.1) is 0 Å². The summed E-state index contributed by atoms with van der Waals surface area (Å²) in [6.07, 6.45) is 2.54. The minimum Gasteiger partial charge on any atom is -0.368 e. The maximum atomic E-state index is 12.3. The van der Waals surface area contributed by atoms with Gasteiger partial charge in [-0.2, -0.15) is 5.10 Å². The van der Waals surface area contributed by atoms with E-state index >= 15 is 0 Å². The molecule has 1 atom stereocenters. The predicted octanol–water partition coefficient (Wildman–Crippen LogP) is 0.861. The van der Waals surface area contributed by atoms with Gasteiger partial charge in [0.25, 0.3) is 5.91 Å². The second-order valence-electron chi connectivity index (χ2n) is 5.68. The number of nitrogens with zero attached hydrogens (tertiary/aromatic N) is 3. The first-order valence-electron chi connectivity index (χ1n) is 8.04. The Hall–Kier alpha value is -3.22. The van der Waals surface area contributed by atoms with Crippen molar-refractivity contribution in [1.29, 1.82) is 0 Å². The number of para-hydroxylation sites is 1. The van der Waals surface area contributed by atoms with Crippen LogP contribution < -0.4 is 16.1 Å². The van der Waals surface area contributed by atoms with E-state index in [2.05, 4.69) is 15.4 Å². The smallest absolute Gasteiger partial charge is 0.267 e. The van der Waals surface area contributed by atoms with Gasteiger partial charge in [-0.05, 0) is 24.3 Å². The molecular weight excluding hydrogens is 318 g/mol. The number of nitrogens with one attached hydrogen (secondary N) is 1. The Morgan fingerprint density at radius 1 is 1.16 bits per heavy atom. The van der Waals surface area contributed by atoms with Gasteiger partial charge in [0.15, 0.2) is 0 Å². The number of hydrogen-bond acceptors (Lipinski definition) is 5. The van der Waals surface area contributed by atoms with Gasteiger partial charge in [-0.1, -0.05) is 24.3 Å². The number of hydrazone groups is 1. The standard InChI is InChI=1S/C18H19N5O2/c19-17(24)16-12-15(22-23(16)14-7-2-1-3-8-14)18(25)21-11-9-13-6-4-5-10-20-13/h1-8,10,16H,9,11-12H2,(H2,19,24)(H,21,25)/t16-/m1/s1. The first-order valence-corrected chi connectivity index (χ1v) is 8.04. The number of aromatic nitrogens is 1. The summed E-state index contributed by atoms with van der Waals surface area (Å²) in [5, 5.41) is 8.63. The van der Waals surface area contributed by atoms with E-state index in [1.807, 2.05) is 48.5 Å². The molecule has 25 heavy (non-hydrogen) atoms. The molecule has 0 saturated heterocycles. The molecule has 7 heteroatoms. The number of anilines is 1. The van der Waals surface area contributed by atoms with Crippen LogP contribution in [-0.4, -0.2) is 35.1 Å². The summed E-state index contributed by atoms with van der Waals surface area (Å²) in [6.45, 7) is 0.446. The zero-order chi connectivity index (χ0) is 17.6. The lowest BCUT2D eigenvalue weighted by molar-refractivity contribution is -0.119. The molecule has 1 aromatic heterocycles. The van der Waals surface area contributed by atoms with Crippen molar-refractivity contribution in [2.24, 2.45) is 10.8 Å². The molecule has 0 unspecified atom stereocenters. The molecule has 2 heterocycles. The van der Waals surface area contributed by atoms with Crippen LogP contribution in [-0.2, 0) is 16.0 Å². The highest BCUT2D eigenvalue weighted by Crippen LogP contribution is 2.24. The molecule has 2 amide bonds. The summed E-state index contributed by atoms with van der Waals surface area (Å²) in [5.41, 5.74) is 7.39. The Morgan fingerprint density at radius 2 is 1.92 bits per heavy atom. The molecular formula is C18H19N5O2. The lowest BCUT2D eigenvalue weighted by atomic mass is 10.1. The average molecular weight is 337 g/mol. The van der Waals surface area contributed by atoms with E-state index in [4.69, 9.17) is 5.73 Å². The molecule has 128 valence electrons. The largest absolute Gasteiger partial charge is 0.368 e. The Kier molecular flexibility index (Phi) is 5.03. The van der Waals surface area contributed by atoms with E-state index in [1.54, 1.807) is 6.20 Å². The van der Waals surface area contributed by atoms with Crippen molar-refractivity contribution < 1.29 is 9.59 Å². The number of carbonyl (C=O) groups is 2. The molecule has 1 aliphatic heterocycles. The normalized spacial score (nSPS) is 16.4. The van der Waals surface area contributed by atoms with Crippen LogP contribution in [0.5, 0.6) is 0 Å². The van der Waals surface area contributed by atoms with Crippen LogP contribution in [0, 0.1) is 0 Å². The lowest BCUT2D eigenvalue weighted by Gasteiger charge is -2.20. The van der Waals surface area contributed by atoms with Gasteiger partial charge in [0.05, 0.1) is 5.69 Å². The molecule has 0 saturated carbocycles. The van der Waals surface area contributed by atoms with E-state index in [9.17, 15) is 9.59 Å². The molecule has 0 bridgehead atoms. The zero-order valence-electron chi connectivity index (χ0n) is 13.6. The quantitative estimate of drug-likeness (QED) is 0.816. The monoisotopic (exact) mass is 337 g/mol. The number of primary amides is 1. The van der Waals surface area contributed by atoms with Crippen LogP contribution in [0.3, 0.4) is 0 Å².